The number of methoxy groups -OCH3 is 1. The summed E-state index contributed by atoms with van der Waals surface area (Å²) in [5.74, 6) is 0.947. The van der Waals surface area contributed by atoms with Crippen LogP contribution in [-0.2, 0) is 27.7 Å². The van der Waals surface area contributed by atoms with E-state index in [1.165, 1.54) is 4.31 Å². The molecule has 6 nitrogen and oxygen atoms in total. The molecule has 1 aliphatic heterocycles. The molecule has 1 unspecified atom stereocenters. The van der Waals surface area contributed by atoms with Gasteiger partial charge >= 0.3 is 0 Å². The van der Waals surface area contributed by atoms with Gasteiger partial charge in [-0.1, -0.05) is 0 Å². The summed E-state index contributed by atoms with van der Waals surface area (Å²) in [6, 6.07) is 3.44. The van der Waals surface area contributed by atoms with Gasteiger partial charge in [0.15, 0.2) is 0 Å². The zero-order valence-electron chi connectivity index (χ0n) is 15.8. The monoisotopic (exact) mass is 380 g/mol. The number of fused-ring (bicyclic) bond motifs is 1. The van der Waals surface area contributed by atoms with Crippen LogP contribution >= 0.6 is 0 Å². The Balaban J connectivity index is 1.85. The molecular formula is C19H28N2O4S. The van der Waals surface area contributed by atoms with Crippen LogP contribution in [-0.4, -0.2) is 57.3 Å². The first kappa shape index (κ1) is 19.2. The van der Waals surface area contributed by atoms with E-state index in [2.05, 4.69) is 0 Å². The lowest BCUT2D eigenvalue weighted by Crippen LogP contribution is -2.34. The minimum absolute atomic E-state index is 0.0521. The van der Waals surface area contributed by atoms with Crippen LogP contribution in [0.2, 0.25) is 0 Å². The van der Waals surface area contributed by atoms with E-state index in [4.69, 9.17) is 4.74 Å². The topological polar surface area (TPSA) is 66.9 Å². The van der Waals surface area contributed by atoms with E-state index in [0.717, 1.165) is 42.6 Å². The lowest BCUT2D eigenvalue weighted by atomic mass is 9.91. The van der Waals surface area contributed by atoms with E-state index >= 15 is 0 Å². The summed E-state index contributed by atoms with van der Waals surface area (Å²) in [5.41, 5.74) is 1.93. The maximum absolute atomic E-state index is 13.2. The first-order valence-corrected chi connectivity index (χ1v) is 10.7. The molecule has 1 saturated heterocycles. The zero-order valence-corrected chi connectivity index (χ0v) is 16.6. The van der Waals surface area contributed by atoms with E-state index in [9.17, 15) is 13.2 Å². The summed E-state index contributed by atoms with van der Waals surface area (Å²) in [6.45, 7) is 3.63. The SMILES string of the molecule is CCN1CC(CN(C)S(=O)(=O)c2ccc(OC)c3c2CCCC3)CC1=O. The van der Waals surface area contributed by atoms with Gasteiger partial charge in [-0.05, 0) is 61.8 Å². The number of likely N-dealkylation sites (tertiary alicyclic amines) is 1. The Morgan fingerprint density at radius 1 is 1.23 bits per heavy atom. The second kappa shape index (κ2) is 7.56. The molecule has 1 fully saturated rings. The molecular weight excluding hydrogens is 352 g/mol. The Bertz CT molecular complexity index is 791. The normalized spacial score (nSPS) is 20.5. The smallest absolute Gasteiger partial charge is 0.243 e. The first-order chi connectivity index (χ1) is 12.4. The fourth-order valence-electron chi connectivity index (χ4n) is 4.15. The molecule has 1 aromatic rings. The lowest BCUT2D eigenvalue weighted by Gasteiger charge is -2.26. The highest BCUT2D eigenvalue weighted by atomic mass is 32.2. The molecule has 1 aliphatic carbocycles. The van der Waals surface area contributed by atoms with E-state index in [1.54, 1.807) is 31.2 Å². The number of benzene rings is 1. The number of carbonyl (C=O) groups is 1. The van der Waals surface area contributed by atoms with Gasteiger partial charge in [0.25, 0.3) is 0 Å². The summed E-state index contributed by atoms with van der Waals surface area (Å²) in [5, 5.41) is 0. The Labute approximate surface area is 156 Å². The van der Waals surface area contributed by atoms with Crippen molar-refractivity contribution in [2.45, 2.75) is 43.9 Å². The Morgan fingerprint density at radius 3 is 2.54 bits per heavy atom. The number of hydrogen-bond acceptors (Lipinski definition) is 4. The third kappa shape index (κ3) is 3.47. The molecule has 1 atom stereocenters. The second-order valence-corrected chi connectivity index (χ2v) is 9.23. The Morgan fingerprint density at radius 2 is 1.92 bits per heavy atom. The van der Waals surface area contributed by atoms with Crippen molar-refractivity contribution in [1.82, 2.24) is 9.21 Å². The van der Waals surface area contributed by atoms with Gasteiger partial charge in [-0.15, -0.1) is 0 Å². The average Bonchev–Trinajstić information content (AvgIpc) is 2.99. The highest BCUT2D eigenvalue weighted by molar-refractivity contribution is 7.89. The van der Waals surface area contributed by atoms with Crippen LogP contribution in [0, 0.1) is 5.92 Å². The molecule has 1 amide bonds. The van der Waals surface area contributed by atoms with Gasteiger partial charge in [0.05, 0.1) is 12.0 Å². The maximum Gasteiger partial charge on any atom is 0.243 e. The molecule has 2 aliphatic rings. The van der Waals surface area contributed by atoms with Crippen molar-refractivity contribution in [2.75, 3.05) is 33.8 Å². The summed E-state index contributed by atoms with van der Waals surface area (Å²) in [4.78, 5) is 14.1. The fraction of sp³-hybridized carbons (Fsp3) is 0.632. The van der Waals surface area contributed by atoms with E-state index in [1.807, 2.05) is 6.92 Å². The standard InChI is InChI=1S/C19H28N2O4S/c1-4-21-13-14(11-19(21)22)12-20(2)26(23,24)18-10-9-17(25-3)15-7-5-6-8-16(15)18/h9-10,14H,4-8,11-13H2,1-3H3. The fourth-order valence-corrected chi connectivity index (χ4v) is 5.67. The Kier molecular flexibility index (Phi) is 5.58. The molecule has 0 aromatic heterocycles. The van der Waals surface area contributed by atoms with E-state index < -0.39 is 10.0 Å². The molecule has 1 aromatic carbocycles. The number of sulfonamides is 1. The van der Waals surface area contributed by atoms with Crippen LogP contribution in [0.3, 0.4) is 0 Å². The summed E-state index contributed by atoms with van der Waals surface area (Å²) in [7, 11) is -0.342. The highest BCUT2D eigenvalue weighted by Crippen LogP contribution is 2.35. The second-order valence-electron chi connectivity index (χ2n) is 7.22. The summed E-state index contributed by atoms with van der Waals surface area (Å²) < 4.78 is 33.3. The van der Waals surface area contributed by atoms with Crippen molar-refractivity contribution < 1.29 is 17.9 Å². The van der Waals surface area contributed by atoms with Crippen LogP contribution in [0.25, 0.3) is 0 Å². The van der Waals surface area contributed by atoms with Crippen molar-refractivity contribution in [3.8, 4) is 5.75 Å². The molecule has 26 heavy (non-hydrogen) atoms. The van der Waals surface area contributed by atoms with Gasteiger partial charge in [-0.25, -0.2) is 12.7 Å². The molecule has 0 bridgehead atoms. The van der Waals surface area contributed by atoms with Gasteiger partial charge < -0.3 is 9.64 Å². The minimum Gasteiger partial charge on any atom is -0.496 e. The third-order valence-electron chi connectivity index (χ3n) is 5.55. The molecule has 144 valence electrons. The number of carbonyl (C=O) groups excluding carboxylic acids is 1. The molecule has 0 spiro atoms. The Hall–Kier alpha value is -1.60. The number of hydrogen-bond donors (Lipinski definition) is 0. The molecule has 3 rings (SSSR count). The van der Waals surface area contributed by atoms with E-state index in [0.29, 0.717) is 31.0 Å². The highest BCUT2D eigenvalue weighted by Gasteiger charge is 2.33. The first-order valence-electron chi connectivity index (χ1n) is 9.31. The number of amides is 1. The van der Waals surface area contributed by atoms with Gasteiger partial charge in [0, 0.05) is 33.1 Å². The van der Waals surface area contributed by atoms with Gasteiger partial charge in [0.2, 0.25) is 15.9 Å². The van der Waals surface area contributed by atoms with Crippen molar-refractivity contribution in [3.63, 3.8) is 0 Å². The third-order valence-corrected chi connectivity index (χ3v) is 7.46. The largest absolute Gasteiger partial charge is 0.496 e. The van der Waals surface area contributed by atoms with Crippen LogP contribution in [0.4, 0.5) is 0 Å². The van der Waals surface area contributed by atoms with Crippen molar-refractivity contribution in [2.24, 2.45) is 5.92 Å². The zero-order chi connectivity index (χ0) is 18.9. The molecule has 7 heteroatoms. The quantitative estimate of drug-likeness (QED) is 0.758. The maximum atomic E-state index is 13.2. The number of nitrogens with zero attached hydrogens (tertiary/aromatic N) is 2. The van der Waals surface area contributed by atoms with E-state index in [-0.39, 0.29) is 11.8 Å². The number of rotatable bonds is 6. The number of ether oxygens (including phenoxy) is 1. The predicted octanol–water partition coefficient (Wildman–Crippen LogP) is 2.06. The summed E-state index contributed by atoms with van der Waals surface area (Å²) in [6.07, 6.45) is 4.10. The van der Waals surface area contributed by atoms with Gasteiger partial charge in [-0.2, -0.15) is 0 Å². The van der Waals surface area contributed by atoms with Crippen LogP contribution in [0.1, 0.15) is 37.3 Å². The van der Waals surface area contributed by atoms with Crippen molar-refractivity contribution >= 4 is 15.9 Å². The van der Waals surface area contributed by atoms with Crippen LogP contribution in [0.5, 0.6) is 5.75 Å². The molecule has 0 saturated carbocycles. The summed E-state index contributed by atoms with van der Waals surface area (Å²) >= 11 is 0. The van der Waals surface area contributed by atoms with Crippen molar-refractivity contribution in [1.29, 1.82) is 0 Å². The van der Waals surface area contributed by atoms with Gasteiger partial charge in [0.1, 0.15) is 5.75 Å². The van der Waals surface area contributed by atoms with Gasteiger partial charge in [-0.3, -0.25) is 4.79 Å². The molecule has 0 N–H and O–H groups in total. The van der Waals surface area contributed by atoms with Crippen molar-refractivity contribution in [3.05, 3.63) is 23.3 Å². The minimum atomic E-state index is -3.59. The average molecular weight is 381 g/mol. The predicted molar refractivity (Wildman–Crippen MR) is 99.8 cm³/mol. The lowest BCUT2D eigenvalue weighted by molar-refractivity contribution is -0.127. The molecule has 0 radical (unpaired) electrons. The molecule has 1 heterocycles. The van der Waals surface area contributed by atoms with Crippen LogP contribution in [0.15, 0.2) is 17.0 Å². The van der Waals surface area contributed by atoms with Crippen LogP contribution < -0.4 is 4.74 Å².